The highest BCUT2D eigenvalue weighted by molar-refractivity contribution is 7.18. The SMILES string of the molecule is Cc1cccn2c(=O)cc(CN3CCC[C@H]3c3nc4ccccc4s3)nc12. The van der Waals surface area contributed by atoms with Gasteiger partial charge in [0.1, 0.15) is 10.7 Å². The van der Waals surface area contributed by atoms with E-state index in [9.17, 15) is 4.79 Å². The molecule has 0 aliphatic carbocycles. The van der Waals surface area contributed by atoms with Gasteiger partial charge in [-0.3, -0.25) is 14.1 Å². The summed E-state index contributed by atoms with van der Waals surface area (Å²) in [6.07, 6.45) is 4.03. The van der Waals surface area contributed by atoms with Gasteiger partial charge >= 0.3 is 0 Å². The van der Waals surface area contributed by atoms with Gasteiger partial charge in [0, 0.05) is 18.8 Å². The lowest BCUT2D eigenvalue weighted by Gasteiger charge is -2.22. The number of para-hydroxylation sites is 1. The molecule has 1 aliphatic rings. The topological polar surface area (TPSA) is 50.5 Å². The van der Waals surface area contributed by atoms with Crippen LogP contribution in [0.2, 0.25) is 0 Å². The van der Waals surface area contributed by atoms with Crippen LogP contribution in [0.3, 0.4) is 0 Å². The molecule has 1 aromatic carbocycles. The molecular formula is C21H20N4OS. The lowest BCUT2D eigenvalue weighted by molar-refractivity contribution is 0.245. The van der Waals surface area contributed by atoms with Crippen molar-refractivity contribution in [3.8, 4) is 0 Å². The number of benzene rings is 1. The normalized spacial score (nSPS) is 17.9. The van der Waals surface area contributed by atoms with Gasteiger partial charge in [-0.1, -0.05) is 18.2 Å². The van der Waals surface area contributed by atoms with Crippen molar-refractivity contribution in [1.29, 1.82) is 0 Å². The smallest absolute Gasteiger partial charge is 0.258 e. The third-order valence-electron chi connectivity index (χ3n) is 5.26. The average Bonchev–Trinajstić information content (AvgIpc) is 3.29. The molecule has 4 heterocycles. The van der Waals surface area contributed by atoms with Crippen molar-refractivity contribution in [1.82, 2.24) is 19.3 Å². The van der Waals surface area contributed by atoms with Gasteiger partial charge in [0.05, 0.1) is 22.0 Å². The Morgan fingerprint density at radius 2 is 2.07 bits per heavy atom. The first-order chi connectivity index (χ1) is 13.2. The van der Waals surface area contributed by atoms with Crippen molar-refractivity contribution >= 4 is 27.2 Å². The van der Waals surface area contributed by atoms with Crippen molar-refractivity contribution < 1.29 is 0 Å². The molecular weight excluding hydrogens is 356 g/mol. The van der Waals surface area contributed by atoms with E-state index < -0.39 is 0 Å². The van der Waals surface area contributed by atoms with E-state index in [1.54, 1.807) is 28.0 Å². The second-order valence-corrected chi connectivity index (χ2v) is 8.18. The highest BCUT2D eigenvalue weighted by Crippen LogP contribution is 2.37. The van der Waals surface area contributed by atoms with E-state index in [4.69, 9.17) is 9.97 Å². The summed E-state index contributed by atoms with van der Waals surface area (Å²) in [4.78, 5) is 24.5. The van der Waals surface area contributed by atoms with E-state index in [0.717, 1.165) is 41.8 Å². The van der Waals surface area contributed by atoms with E-state index >= 15 is 0 Å². The Morgan fingerprint density at radius 3 is 2.96 bits per heavy atom. The minimum Gasteiger partial charge on any atom is -0.288 e. The molecule has 1 atom stereocenters. The molecule has 1 aliphatic heterocycles. The number of pyridine rings is 1. The van der Waals surface area contributed by atoms with Gasteiger partial charge in [-0.2, -0.15) is 0 Å². The third kappa shape index (κ3) is 2.95. The molecule has 27 heavy (non-hydrogen) atoms. The summed E-state index contributed by atoms with van der Waals surface area (Å²) in [6, 6.07) is 14.1. The van der Waals surface area contributed by atoms with E-state index in [1.807, 2.05) is 25.1 Å². The Bertz CT molecular complexity index is 1160. The van der Waals surface area contributed by atoms with Gasteiger partial charge in [0.2, 0.25) is 0 Å². The van der Waals surface area contributed by atoms with Crippen LogP contribution in [-0.4, -0.2) is 25.8 Å². The second kappa shape index (κ2) is 6.55. The molecule has 0 saturated carbocycles. The third-order valence-corrected chi connectivity index (χ3v) is 6.40. The zero-order chi connectivity index (χ0) is 18.4. The first kappa shape index (κ1) is 16.6. The summed E-state index contributed by atoms with van der Waals surface area (Å²) in [5.41, 5.74) is 3.65. The zero-order valence-electron chi connectivity index (χ0n) is 15.1. The summed E-state index contributed by atoms with van der Waals surface area (Å²) in [7, 11) is 0. The molecule has 4 aromatic rings. The highest BCUT2D eigenvalue weighted by Gasteiger charge is 2.29. The summed E-state index contributed by atoms with van der Waals surface area (Å²) in [6.45, 7) is 3.68. The monoisotopic (exact) mass is 376 g/mol. The molecule has 3 aromatic heterocycles. The summed E-state index contributed by atoms with van der Waals surface area (Å²) >= 11 is 1.78. The molecule has 136 valence electrons. The Morgan fingerprint density at radius 1 is 1.19 bits per heavy atom. The number of likely N-dealkylation sites (tertiary alicyclic amines) is 1. The van der Waals surface area contributed by atoms with Crippen LogP contribution in [0.25, 0.3) is 15.9 Å². The number of thiazole rings is 1. The summed E-state index contributed by atoms with van der Waals surface area (Å²) in [5, 5.41) is 1.17. The fraction of sp³-hybridized carbons (Fsp3) is 0.286. The van der Waals surface area contributed by atoms with Crippen LogP contribution in [0, 0.1) is 6.92 Å². The van der Waals surface area contributed by atoms with Crippen molar-refractivity contribution in [2.24, 2.45) is 0 Å². The number of hydrogen-bond acceptors (Lipinski definition) is 5. The summed E-state index contributed by atoms with van der Waals surface area (Å²) < 4.78 is 2.85. The molecule has 6 heteroatoms. The lowest BCUT2D eigenvalue weighted by atomic mass is 10.2. The Hall–Kier alpha value is -2.57. The maximum absolute atomic E-state index is 12.5. The Kier molecular flexibility index (Phi) is 4.02. The van der Waals surface area contributed by atoms with Gasteiger partial charge in [-0.15, -0.1) is 11.3 Å². The quantitative estimate of drug-likeness (QED) is 0.543. The zero-order valence-corrected chi connectivity index (χ0v) is 15.9. The second-order valence-electron chi connectivity index (χ2n) is 7.12. The van der Waals surface area contributed by atoms with Gasteiger partial charge in [-0.05, 0) is 50.1 Å². The Labute approximate surface area is 160 Å². The van der Waals surface area contributed by atoms with Crippen LogP contribution in [0.4, 0.5) is 0 Å². The molecule has 0 spiro atoms. The molecule has 5 nitrogen and oxygen atoms in total. The summed E-state index contributed by atoms with van der Waals surface area (Å²) in [5.74, 6) is 0. The number of fused-ring (bicyclic) bond motifs is 2. The molecule has 0 amide bonds. The van der Waals surface area contributed by atoms with Gasteiger partial charge in [0.15, 0.2) is 0 Å². The van der Waals surface area contributed by atoms with Crippen LogP contribution in [0.5, 0.6) is 0 Å². The molecule has 0 radical (unpaired) electrons. The van der Waals surface area contributed by atoms with Gasteiger partial charge in [0.25, 0.3) is 5.56 Å². The van der Waals surface area contributed by atoms with Crippen LogP contribution in [-0.2, 0) is 6.54 Å². The molecule has 0 unspecified atom stereocenters. The Balaban J connectivity index is 1.48. The molecule has 0 N–H and O–H groups in total. The largest absolute Gasteiger partial charge is 0.288 e. The van der Waals surface area contributed by atoms with Crippen LogP contribution in [0.15, 0.2) is 53.5 Å². The molecule has 1 saturated heterocycles. The average molecular weight is 376 g/mol. The number of aromatic nitrogens is 3. The van der Waals surface area contributed by atoms with Crippen molar-refractivity contribution in [2.75, 3.05) is 6.54 Å². The lowest BCUT2D eigenvalue weighted by Crippen LogP contribution is -2.25. The van der Waals surface area contributed by atoms with Crippen molar-refractivity contribution in [3.05, 3.63) is 75.3 Å². The fourth-order valence-corrected chi connectivity index (χ4v) is 5.06. The number of hydrogen-bond donors (Lipinski definition) is 0. The minimum absolute atomic E-state index is 0.0190. The number of aryl methyl sites for hydroxylation is 1. The van der Waals surface area contributed by atoms with Crippen molar-refractivity contribution in [2.45, 2.75) is 32.4 Å². The van der Waals surface area contributed by atoms with Crippen LogP contribution in [0.1, 0.15) is 35.1 Å². The highest BCUT2D eigenvalue weighted by atomic mass is 32.1. The van der Waals surface area contributed by atoms with Crippen LogP contribution < -0.4 is 5.56 Å². The van der Waals surface area contributed by atoms with E-state index in [2.05, 4.69) is 23.1 Å². The predicted molar refractivity (Wildman–Crippen MR) is 108 cm³/mol. The van der Waals surface area contributed by atoms with E-state index in [1.165, 1.54) is 9.71 Å². The fourth-order valence-electron chi connectivity index (χ4n) is 3.93. The van der Waals surface area contributed by atoms with Crippen LogP contribution >= 0.6 is 11.3 Å². The first-order valence-corrected chi connectivity index (χ1v) is 10.1. The van der Waals surface area contributed by atoms with E-state index in [-0.39, 0.29) is 5.56 Å². The number of nitrogens with zero attached hydrogens (tertiary/aromatic N) is 4. The molecule has 5 rings (SSSR count). The van der Waals surface area contributed by atoms with Gasteiger partial charge in [-0.25, -0.2) is 9.97 Å². The minimum atomic E-state index is -0.0190. The maximum atomic E-state index is 12.5. The van der Waals surface area contributed by atoms with E-state index in [0.29, 0.717) is 12.6 Å². The maximum Gasteiger partial charge on any atom is 0.258 e. The standard InChI is InChI=1S/C21H20N4OS/c1-14-6-4-11-25-19(26)12-15(22-20(14)25)13-24-10-5-8-17(24)21-23-16-7-2-3-9-18(16)27-21/h2-4,6-7,9,11-12,17H,5,8,10,13H2,1H3/t17-/m0/s1. The number of rotatable bonds is 3. The first-order valence-electron chi connectivity index (χ1n) is 9.26. The molecule has 0 bridgehead atoms. The van der Waals surface area contributed by atoms with Crippen molar-refractivity contribution in [3.63, 3.8) is 0 Å². The predicted octanol–water partition coefficient (Wildman–Crippen LogP) is 3.95. The molecule has 1 fully saturated rings. The van der Waals surface area contributed by atoms with Gasteiger partial charge < -0.3 is 0 Å².